The molecule has 1 saturated heterocycles. The summed E-state index contributed by atoms with van der Waals surface area (Å²) in [6.07, 6.45) is 1.62. The first kappa shape index (κ1) is 22.0. The molecule has 32 heavy (non-hydrogen) atoms. The van der Waals surface area contributed by atoms with E-state index < -0.39 is 5.97 Å². The molecule has 0 atom stereocenters. The van der Waals surface area contributed by atoms with Crippen LogP contribution in [0.1, 0.15) is 33.8 Å². The second kappa shape index (κ2) is 9.91. The van der Waals surface area contributed by atoms with Crippen molar-refractivity contribution in [2.45, 2.75) is 19.3 Å². The molecule has 0 aliphatic carbocycles. The summed E-state index contributed by atoms with van der Waals surface area (Å²) in [5, 5.41) is 0.913. The lowest BCUT2D eigenvalue weighted by Crippen LogP contribution is -2.42. The van der Waals surface area contributed by atoms with E-state index in [2.05, 4.69) is 4.98 Å². The number of benzene rings is 2. The zero-order valence-electron chi connectivity index (χ0n) is 17.8. The van der Waals surface area contributed by atoms with Crippen LogP contribution in [0.2, 0.25) is 0 Å². The Morgan fingerprint density at radius 1 is 1.06 bits per heavy atom. The summed E-state index contributed by atoms with van der Waals surface area (Å²) in [7, 11) is 1.37. The minimum absolute atomic E-state index is 0.180. The van der Waals surface area contributed by atoms with Crippen molar-refractivity contribution in [2.24, 2.45) is 5.92 Å². The van der Waals surface area contributed by atoms with Gasteiger partial charge >= 0.3 is 11.9 Å². The van der Waals surface area contributed by atoms with Gasteiger partial charge < -0.3 is 14.4 Å². The number of carbonyl (C=O) groups excluding carboxylic acids is 3. The number of carbonyl (C=O) groups is 3. The molecule has 1 fully saturated rings. The second-order valence-electron chi connectivity index (χ2n) is 7.66. The highest BCUT2D eigenvalue weighted by Crippen LogP contribution is 2.25. The Labute approximate surface area is 190 Å². The SMILES string of the molecule is COC(=O)C1CCN(C(=O)COC(=O)c2ccccc2Cc2nc3ccccc3s2)CC1. The van der Waals surface area contributed by atoms with Crippen LogP contribution in [0.5, 0.6) is 0 Å². The van der Waals surface area contributed by atoms with Gasteiger partial charge in [0.25, 0.3) is 5.91 Å². The smallest absolute Gasteiger partial charge is 0.338 e. The van der Waals surface area contributed by atoms with Gasteiger partial charge in [0.1, 0.15) is 0 Å². The number of likely N-dealkylation sites (tertiary alicyclic amines) is 1. The Kier molecular flexibility index (Phi) is 6.80. The number of fused-ring (bicyclic) bond motifs is 1. The van der Waals surface area contributed by atoms with Crippen molar-refractivity contribution < 1.29 is 23.9 Å². The maximum absolute atomic E-state index is 12.7. The molecule has 1 aliphatic rings. The highest BCUT2D eigenvalue weighted by molar-refractivity contribution is 7.18. The van der Waals surface area contributed by atoms with Crippen molar-refractivity contribution in [3.05, 3.63) is 64.7 Å². The molecule has 0 radical (unpaired) electrons. The summed E-state index contributed by atoms with van der Waals surface area (Å²) in [6, 6.07) is 15.1. The van der Waals surface area contributed by atoms with E-state index in [4.69, 9.17) is 9.47 Å². The Morgan fingerprint density at radius 3 is 2.53 bits per heavy atom. The fourth-order valence-electron chi connectivity index (χ4n) is 3.86. The number of ether oxygens (including phenoxy) is 2. The number of piperidine rings is 1. The topological polar surface area (TPSA) is 85.8 Å². The normalized spacial score (nSPS) is 14.3. The van der Waals surface area contributed by atoms with Crippen molar-refractivity contribution in [1.29, 1.82) is 0 Å². The van der Waals surface area contributed by atoms with Crippen LogP contribution in [-0.4, -0.2) is 54.5 Å². The highest BCUT2D eigenvalue weighted by Gasteiger charge is 2.28. The molecule has 8 heteroatoms. The van der Waals surface area contributed by atoms with Gasteiger partial charge in [-0.2, -0.15) is 0 Å². The van der Waals surface area contributed by atoms with E-state index in [-0.39, 0.29) is 24.4 Å². The molecular formula is C24H24N2O5S. The number of esters is 2. The Balaban J connectivity index is 1.36. The lowest BCUT2D eigenvalue weighted by Gasteiger charge is -2.30. The third-order valence-electron chi connectivity index (χ3n) is 5.63. The number of hydrogen-bond donors (Lipinski definition) is 0. The van der Waals surface area contributed by atoms with Gasteiger partial charge in [0.15, 0.2) is 6.61 Å². The Morgan fingerprint density at radius 2 is 1.78 bits per heavy atom. The Bertz CT molecular complexity index is 1100. The van der Waals surface area contributed by atoms with Crippen molar-refractivity contribution in [3.8, 4) is 0 Å². The van der Waals surface area contributed by atoms with Gasteiger partial charge in [-0.1, -0.05) is 30.3 Å². The number of nitrogens with zero attached hydrogens (tertiary/aromatic N) is 2. The molecule has 1 aromatic heterocycles. The molecule has 0 N–H and O–H groups in total. The van der Waals surface area contributed by atoms with Crippen LogP contribution in [0.25, 0.3) is 10.2 Å². The molecule has 0 bridgehead atoms. The number of thiazole rings is 1. The largest absolute Gasteiger partial charge is 0.469 e. The van der Waals surface area contributed by atoms with Crippen molar-refractivity contribution in [2.75, 3.05) is 26.8 Å². The van der Waals surface area contributed by atoms with Crippen LogP contribution in [0.15, 0.2) is 48.5 Å². The average Bonchev–Trinajstić information content (AvgIpc) is 3.24. The number of hydrogen-bond acceptors (Lipinski definition) is 7. The quantitative estimate of drug-likeness (QED) is 0.533. The summed E-state index contributed by atoms with van der Waals surface area (Å²) in [5.74, 6) is -1.21. The lowest BCUT2D eigenvalue weighted by molar-refractivity contribution is -0.149. The zero-order chi connectivity index (χ0) is 22.5. The van der Waals surface area contributed by atoms with Crippen LogP contribution >= 0.6 is 11.3 Å². The number of rotatable bonds is 6. The molecule has 1 amide bonds. The summed E-state index contributed by atoms with van der Waals surface area (Å²) in [5.41, 5.74) is 2.18. The minimum atomic E-state index is -0.528. The van der Waals surface area contributed by atoms with E-state index in [0.29, 0.717) is 37.9 Å². The predicted molar refractivity (Wildman–Crippen MR) is 120 cm³/mol. The maximum Gasteiger partial charge on any atom is 0.338 e. The molecule has 166 valence electrons. The van der Waals surface area contributed by atoms with E-state index in [1.54, 1.807) is 28.4 Å². The number of aromatic nitrogens is 1. The Hall–Kier alpha value is -3.26. The van der Waals surface area contributed by atoms with Crippen LogP contribution in [0.4, 0.5) is 0 Å². The van der Waals surface area contributed by atoms with Crippen LogP contribution in [0.3, 0.4) is 0 Å². The first-order chi connectivity index (χ1) is 15.5. The summed E-state index contributed by atoms with van der Waals surface area (Å²) in [4.78, 5) is 43.1. The van der Waals surface area contributed by atoms with E-state index in [9.17, 15) is 14.4 Å². The molecule has 2 aromatic carbocycles. The second-order valence-corrected chi connectivity index (χ2v) is 8.78. The fourth-order valence-corrected chi connectivity index (χ4v) is 4.85. The third-order valence-corrected chi connectivity index (χ3v) is 6.66. The molecule has 3 aromatic rings. The van der Waals surface area contributed by atoms with E-state index in [1.165, 1.54) is 7.11 Å². The molecule has 0 unspecified atom stereocenters. The molecule has 0 spiro atoms. The van der Waals surface area contributed by atoms with Crippen molar-refractivity contribution in [3.63, 3.8) is 0 Å². The molecule has 4 rings (SSSR count). The predicted octanol–water partition coefficient (Wildman–Crippen LogP) is 3.46. The van der Waals surface area contributed by atoms with Gasteiger partial charge in [0.05, 0.1) is 33.8 Å². The van der Waals surface area contributed by atoms with Gasteiger partial charge in [-0.15, -0.1) is 11.3 Å². The van der Waals surface area contributed by atoms with Crippen LogP contribution < -0.4 is 0 Å². The zero-order valence-corrected chi connectivity index (χ0v) is 18.6. The van der Waals surface area contributed by atoms with Gasteiger partial charge in [0.2, 0.25) is 0 Å². The average molecular weight is 453 g/mol. The fraction of sp³-hybridized carbons (Fsp3) is 0.333. The van der Waals surface area contributed by atoms with Crippen molar-refractivity contribution >= 4 is 39.4 Å². The molecular weight excluding hydrogens is 428 g/mol. The van der Waals surface area contributed by atoms with Gasteiger partial charge in [-0.05, 0) is 36.6 Å². The summed E-state index contributed by atoms with van der Waals surface area (Å²) in [6.45, 7) is 0.575. The highest BCUT2D eigenvalue weighted by atomic mass is 32.1. The number of para-hydroxylation sites is 1. The monoisotopic (exact) mass is 452 g/mol. The first-order valence-electron chi connectivity index (χ1n) is 10.5. The molecule has 0 saturated carbocycles. The van der Waals surface area contributed by atoms with E-state index >= 15 is 0 Å². The number of methoxy groups -OCH3 is 1. The van der Waals surface area contributed by atoms with Gasteiger partial charge in [0, 0.05) is 19.5 Å². The molecule has 7 nitrogen and oxygen atoms in total. The van der Waals surface area contributed by atoms with E-state index in [1.807, 2.05) is 36.4 Å². The number of amides is 1. The summed E-state index contributed by atoms with van der Waals surface area (Å²) >= 11 is 1.60. The summed E-state index contributed by atoms with van der Waals surface area (Å²) < 4.78 is 11.2. The molecule has 2 heterocycles. The first-order valence-corrected chi connectivity index (χ1v) is 11.3. The minimum Gasteiger partial charge on any atom is -0.469 e. The maximum atomic E-state index is 12.7. The lowest BCUT2D eigenvalue weighted by atomic mass is 9.97. The van der Waals surface area contributed by atoms with Gasteiger partial charge in [-0.3, -0.25) is 9.59 Å². The van der Waals surface area contributed by atoms with Crippen molar-refractivity contribution in [1.82, 2.24) is 9.88 Å². The van der Waals surface area contributed by atoms with E-state index in [0.717, 1.165) is 20.8 Å². The van der Waals surface area contributed by atoms with Gasteiger partial charge in [-0.25, -0.2) is 9.78 Å². The van der Waals surface area contributed by atoms with Crippen LogP contribution in [0, 0.1) is 5.92 Å². The standard InChI is InChI=1S/C24H24N2O5S/c1-30-23(28)16-10-12-26(13-11-16)22(27)15-31-24(29)18-7-3-2-6-17(18)14-21-25-19-8-4-5-9-20(19)32-21/h2-9,16H,10-15H2,1H3. The van der Waals surface area contributed by atoms with Crippen LogP contribution in [-0.2, 0) is 25.5 Å². The third kappa shape index (κ3) is 4.96. The molecule has 1 aliphatic heterocycles.